The number of hydrogen-bond acceptors (Lipinski definition) is 3. The maximum absolute atomic E-state index is 14.7. The number of halogens is 3. The van der Waals surface area contributed by atoms with Crippen LogP contribution in [-0.4, -0.2) is 8.42 Å². The number of fused-ring (bicyclic) bond motifs is 3. The summed E-state index contributed by atoms with van der Waals surface area (Å²) in [5, 5.41) is 4.10. The standard InChI is InChI=1S/C24H19Cl2FN2O2S/c25-18-7-1-2-10-22(18)29-32(30,31)14-11-12-21-17(13-14)15-5-3-6-16(15)24(28-21)23-19(26)8-4-9-20(23)27/h1-5,7-13,15-16,24,28-29H,6H2/t15-,16+,24-/m0/s1. The molecule has 0 fully saturated rings. The van der Waals surface area contributed by atoms with Crippen molar-refractivity contribution in [3.63, 3.8) is 0 Å². The van der Waals surface area contributed by atoms with Crippen LogP contribution < -0.4 is 10.0 Å². The molecule has 1 heterocycles. The Morgan fingerprint density at radius 3 is 2.56 bits per heavy atom. The molecule has 0 saturated heterocycles. The molecule has 3 aromatic rings. The van der Waals surface area contributed by atoms with E-state index in [0.717, 1.165) is 17.7 Å². The molecule has 1 aliphatic heterocycles. The van der Waals surface area contributed by atoms with E-state index in [1.54, 1.807) is 48.5 Å². The normalized spacial score (nSPS) is 21.5. The van der Waals surface area contributed by atoms with Gasteiger partial charge in [-0.15, -0.1) is 0 Å². The maximum atomic E-state index is 14.7. The highest BCUT2D eigenvalue weighted by atomic mass is 35.5. The molecule has 5 rings (SSSR count). The van der Waals surface area contributed by atoms with Crippen molar-refractivity contribution >= 4 is 44.6 Å². The first-order valence-corrected chi connectivity index (χ1v) is 12.4. The lowest BCUT2D eigenvalue weighted by atomic mass is 9.77. The molecule has 0 unspecified atom stereocenters. The summed E-state index contributed by atoms with van der Waals surface area (Å²) in [6.45, 7) is 0. The predicted octanol–water partition coefficient (Wildman–Crippen LogP) is 6.76. The summed E-state index contributed by atoms with van der Waals surface area (Å²) >= 11 is 12.5. The quantitative estimate of drug-likeness (QED) is 0.398. The average molecular weight is 489 g/mol. The van der Waals surface area contributed by atoms with Gasteiger partial charge in [0.05, 0.1) is 21.6 Å². The predicted molar refractivity (Wildman–Crippen MR) is 126 cm³/mol. The van der Waals surface area contributed by atoms with Crippen LogP contribution in [0.3, 0.4) is 0 Å². The van der Waals surface area contributed by atoms with Crippen LogP contribution in [0, 0.1) is 11.7 Å². The van der Waals surface area contributed by atoms with Crippen molar-refractivity contribution in [1.29, 1.82) is 0 Å². The fourth-order valence-corrected chi connectivity index (χ4v) is 6.22. The minimum atomic E-state index is -3.84. The van der Waals surface area contributed by atoms with Crippen molar-refractivity contribution in [2.75, 3.05) is 10.0 Å². The summed E-state index contributed by atoms with van der Waals surface area (Å²) in [5.74, 6) is -0.388. The topological polar surface area (TPSA) is 58.2 Å². The lowest BCUT2D eigenvalue weighted by molar-refractivity contribution is 0.413. The Hall–Kier alpha value is -2.54. The smallest absolute Gasteiger partial charge is 0.261 e. The SMILES string of the molecule is O=S(=O)(Nc1ccccc1Cl)c1ccc2c(c1)[C@H]1C=CC[C@H]1[C@@H](c1c(F)cccc1Cl)N2. The van der Waals surface area contributed by atoms with Gasteiger partial charge in [0.2, 0.25) is 0 Å². The number of hydrogen-bond donors (Lipinski definition) is 2. The van der Waals surface area contributed by atoms with E-state index in [2.05, 4.69) is 22.2 Å². The van der Waals surface area contributed by atoms with Gasteiger partial charge in [-0.05, 0) is 60.4 Å². The van der Waals surface area contributed by atoms with Gasteiger partial charge in [0.1, 0.15) is 5.82 Å². The third-order valence-electron chi connectivity index (χ3n) is 6.07. The van der Waals surface area contributed by atoms with E-state index in [1.165, 1.54) is 12.1 Å². The zero-order valence-electron chi connectivity index (χ0n) is 16.7. The van der Waals surface area contributed by atoms with Crippen LogP contribution in [0.15, 0.2) is 77.7 Å². The molecule has 164 valence electrons. The number of rotatable bonds is 4. The van der Waals surface area contributed by atoms with E-state index in [0.29, 0.717) is 21.3 Å². The van der Waals surface area contributed by atoms with Crippen LogP contribution in [0.25, 0.3) is 0 Å². The lowest BCUT2D eigenvalue weighted by Crippen LogP contribution is -2.30. The van der Waals surface area contributed by atoms with Crippen LogP contribution in [-0.2, 0) is 10.0 Å². The van der Waals surface area contributed by atoms with E-state index in [9.17, 15) is 12.8 Å². The maximum Gasteiger partial charge on any atom is 0.261 e. The molecule has 32 heavy (non-hydrogen) atoms. The zero-order chi connectivity index (χ0) is 22.5. The first kappa shape index (κ1) is 21.3. The van der Waals surface area contributed by atoms with Crippen molar-refractivity contribution in [2.24, 2.45) is 5.92 Å². The molecule has 0 radical (unpaired) electrons. The highest BCUT2D eigenvalue weighted by molar-refractivity contribution is 7.92. The fraction of sp³-hybridized carbons (Fsp3) is 0.167. The van der Waals surface area contributed by atoms with Gasteiger partial charge in [-0.2, -0.15) is 0 Å². The van der Waals surface area contributed by atoms with Crippen LogP contribution >= 0.6 is 23.2 Å². The molecule has 0 aromatic heterocycles. The summed E-state index contributed by atoms with van der Waals surface area (Å²) in [4.78, 5) is 0.138. The number of benzene rings is 3. The summed E-state index contributed by atoms with van der Waals surface area (Å²) in [6.07, 6.45) is 4.85. The molecular weight excluding hydrogens is 470 g/mol. The molecular formula is C24H19Cl2FN2O2S. The zero-order valence-corrected chi connectivity index (χ0v) is 19.1. The first-order chi connectivity index (χ1) is 15.3. The molecule has 8 heteroatoms. The average Bonchev–Trinajstić information content (AvgIpc) is 3.25. The van der Waals surface area contributed by atoms with E-state index < -0.39 is 10.0 Å². The summed E-state index contributed by atoms with van der Waals surface area (Å²) in [6, 6.07) is 16.0. The molecule has 0 bridgehead atoms. The lowest BCUT2D eigenvalue weighted by Gasteiger charge is -2.38. The second-order valence-electron chi connectivity index (χ2n) is 7.95. The molecule has 4 nitrogen and oxygen atoms in total. The Balaban J connectivity index is 1.53. The number of allylic oxidation sites excluding steroid dienone is 2. The van der Waals surface area contributed by atoms with E-state index in [-0.39, 0.29) is 28.6 Å². The Labute approximate surface area is 196 Å². The fourth-order valence-electron chi connectivity index (χ4n) is 4.58. The van der Waals surface area contributed by atoms with Crippen LogP contribution in [0.4, 0.5) is 15.8 Å². The van der Waals surface area contributed by atoms with Crippen LogP contribution in [0.1, 0.15) is 29.5 Å². The Morgan fingerprint density at radius 2 is 1.78 bits per heavy atom. The van der Waals surface area contributed by atoms with E-state index in [4.69, 9.17) is 23.2 Å². The molecule has 1 aliphatic carbocycles. The Bertz CT molecular complexity index is 1320. The van der Waals surface area contributed by atoms with Crippen molar-refractivity contribution in [3.05, 3.63) is 99.8 Å². The van der Waals surface area contributed by atoms with Gasteiger partial charge in [-0.1, -0.05) is 53.6 Å². The molecule has 0 spiro atoms. The van der Waals surface area contributed by atoms with Crippen LogP contribution in [0.2, 0.25) is 10.0 Å². The second-order valence-corrected chi connectivity index (χ2v) is 10.4. The molecule has 0 saturated carbocycles. The molecule has 0 amide bonds. The molecule has 2 N–H and O–H groups in total. The number of para-hydroxylation sites is 1. The number of anilines is 2. The third-order valence-corrected chi connectivity index (χ3v) is 8.10. The second kappa shape index (κ2) is 8.10. The van der Waals surface area contributed by atoms with Gasteiger partial charge >= 0.3 is 0 Å². The van der Waals surface area contributed by atoms with Gasteiger partial charge in [-0.25, -0.2) is 12.8 Å². The minimum Gasteiger partial charge on any atom is -0.378 e. The highest BCUT2D eigenvalue weighted by Crippen LogP contribution is 2.51. The number of nitrogens with one attached hydrogen (secondary N) is 2. The van der Waals surface area contributed by atoms with Crippen molar-refractivity contribution in [2.45, 2.75) is 23.3 Å². The van der Waals surface area contributed by atoms with E-state index >= 15 is 0 Å². The Morgan fingerprint density at radius 1 is 1.00 bits per heavy atom. The van der Waals surface area contributed by atoms with Crippen molar-refractivity contribution in [3.8, 4) is 0 Å². The first-order valence-electron chi connectivity index (χ1n) is 10.1. The minimum absolute atomic E-state index is 0.0198. The van der Waals surface area contributed by atoms with Gasteiger partial charge < -0.3 is 5.32 Å². The van der Waals surface area contributed by atoms with Gasteiger partial charge in [-0.3, -0.25) is 4.72 Å². The van der Waals surface area contributed by atoms with Crippen LogP contribution in [0.5, 0.6) is 0 Å². The number of sulfonamides is 1. The summed E-state index contributed by atoms with van der Waals surface area (Å²) in [7, 11) is -3.84. The highest BCUT2D eigenvalue weighted by Gasteiger charge is 2.40. The summed E-state index contributed by atoms with van der Waals surface area (Å²) in [5.41, 5.74) is 2.38. The van der Waals surface area contributed by atoms with Crippen molar-refractivity contribution < 1.29 is 12.8 Å². The molecule has 3 atom stereocenters. The Kier molecular flexibility index (Phi) is 5.40. The third kappa shape index (κ3) is 3.66. The van der Waals surface area contributed by atoms with Gasteiger partial charge in [0.15, 0.2) is 0 Å². The largest absolute Gasteiger partial charge is 0.378 e. The monoisotopic (exact) mass is 488 g/mol. The van der Waals surface area contributed by atoms with Gasteiger partial charge in [0.25, 0.3) is 10.0 Å². The van der Waals surface area contributed by atoms with E-state index in [1.807, 2.05) is 0 Å². The van der Waals surface area contributed by atoms with Gasteiger partial charge in [0, 0.05) is 22.2 Å². The summed E-state index contributed by atoms with van der Waals surface area (Å²) < 4.78 is 43.3. The molecule has 2 aliphatic rings. The molecule has 3 aromatic carbocycles. The van der Waals surface area contributed by atoms with Crippen molar-refractivity contribution in [1.82, 2.24) is 0 Å².